The van der Waals surface area contributed by atoms with Crippen LogP contribution in [0.5, 0.6) is 0 Å². The zero-order chi connectivity index (χ0) is 6.57. The Bertz CT molecular complexity index is 52.4. The molecule has 8 heavy (non-hydrogen) atoms. The van der Waals surface area contributed by atoms with Crippen molar-refractivity contribution in [2.45, 2.75) is 19.8 Å². The maximum absolute atomic E-state index is 11.5. The highest BCUT2D eigenvalue weighted by Crippen LogP contribution is 2.11. The normalized spacial score (nSPS) is 14.6. The molecule has 0 aliphatic carbocycles. The van der Waals surface area contributed by atoms with E-state index in [1.165, 1.54) is 0 Å². The van der Waals surface area contributed by atoms with Gasteiger partial charge in [0.2, 0.25) is 6.43 Å². The fourth-order valence-electron chi connectivity index (χ4n) is 0.387. The van der Waals surface area contributed by atoms with Crippen LogP contribution in [0.15, 0.2) is 0 Å². The Kier molecular flexibility index (Phi) is 3.69. The standard InChI is InChI=1S/C5H10F2O/c1-2-4(3-8)5(6)7/h4-5,8H,2-3H2,1H3. The summed E-state index contributed by atoms with van der Waals surface area (Å²) < 4.78 is 23.1. The summed E-state index contributed by atoms with van der Waals surface area (Å²) >= 11 is 0. The molecule has 0 heterocycles. The van der Waals surface area contributed by atoms with Crippen molar-refractivity contribution in [3.63, 3.8) is 0 Å². The van der Waals surface area contributed by atoms with Gasteiger partial charge in [0.1, 0.15) is 0 Å². The second-order valence-electron chi connectivity index (χ2n) is 1.69. The van der Waals surface area contributed by atoms with Gasteiger partial charge in [0.25, 0.3) is 0 Å². The summed E-state index contributed by atoms with van der Waals surface area (Å²) in [5.41, 5.74) is 0. The van der Waals surface area contributed by atoms with Crippen molar-refractivity contribution in [3.8, 4) is 0 Å². The van der Waals surface area contributed by atoms with Gasteiger partial charge < -0.3 is 5.11 Å². The van der Waals surface area contributed by atoms with Crippen LogP contribution >= 0.6 is 0 Å². The van der Waals surface area contributed by atoms with Crippen LogP contribution in [0, 0.1) is 5.92 Å². The van der Waals surface area contributed by atoms with Gasteiger partial charge in [-0.15, -0.1) is 0 Å². The lowest BCUT2D eigenvalue weighted by Crippen LogP contribution is -2.13. The lowest BCUT2D eigenvalue weighted by atomic mass is 10.1. The molecular formula is C5H10F2O. The second kappa shape index (κ2) is 3.78. The van der Waals surface area contributed by atoms with Crippen LogP contribution in [0.1, 0.15) is 13.3 Å². The predicted octanol–water partition coefficient (Wildman–Crippen LogP) is 1.27. The molecule has 0 fully saturated rings. The van der Waals surface area contributed by atoms with Gasteiger partial charge in [-0.1, -0.05) is 6.92 Å². The third-order valence-electron chi connectivity index (χ3n) is 1.12. The lowest BCUT2D eigenvalue weighted by Gasteiger charge is -2.07. The van der Waals surface area contributed by atoms with Gasteiger partial charge in [-0.2, -0.15) is 0 Å². The van der Waals surface area contributed by atoms with Crippen molar-refractivity contribution < 1.29 is 13.9 Å². The average Bonchev–Trinajstić information content (AvgIpc) is 1.69. The molecule has 50 valence electrons. The van der Waals surface area contributed by atoms with E-state index in [9.17, 15) is 8.78 Å². The van der Waals surface area contributed by atoms with Crippen LogP contribution < -0.4 is 0 Å². The molecule has 0 aliphatic rings. The van der Waals surface area contributed by atoms with Crippen LogP contribution in [0.25, 0.3) is 0 Å². The fourth-order valence-corrected chi connectivity index (χ4v) is 0.387. The number of halogens is 2. The number of rotatable bonds is 3. The zero-order valence-electron chi connectivity index (χ0n) is 4.77. The fraction of sp³-hybridized carbons (Fsp3) is 1.00. The van der Waals surface area contributed by atoms with Crippen LogP contribution in [0.4, 0.5) is 8.78 Å². The first-order valence-corrected chi connectivity index (χ1v) is 2.61. The van der Waals surface area contributed by atoms with Gasteiger partial charge in [0.05, 0.1) is 6.61 Å². The van der Waals surface area contributed by atoms with E-state index in [4.69, 9.17) is 5.11 Å². The van der Waals surface area contributed by atoms with E-state index >= 15 is 0 Å². The molecule has 1 atom stereocenters. The van der Waals surface area contributed by atoms with Crippen molar-refractivity contribution in [2.75, 3.05) is 6.61 Å². The predicted molar refractivity (Wildman–Crippen MR) is 26.9 cm³/mol. The molecule has 0 radical (unpaired) electrons. The number of aliphatic hydroxyl groups is 1. The SMILES string of the molecule is CCC(CO)C(F)F. The molecule has 0 aromatic rings. The summed E-state index contributed by atoms with van der Waals surface area (Å²) in [6.45, 7) is 1.22. The van der Waals surface area contributed by atoms with E-state index in [0.29, 0.717) is 6.42 Å². The topological polar surface area (TPSA) is 20.2 Å². The molecule has 0 saturated heterocycles. The first-order valence-electron chi connectivity index (χ1n) is 2.61. The molecule has 0 saturated carbocycles. The molecule has 1 N–H and O–H groups in total. The summed E-state index contributed by atoms with van der Waals surface area (Å²) in [6.07, 6.45) is -2.03. The summed E-state index contributed by atoms with van der Waals surface area (Å²) in [6, 6.07) is 0. The quantitative estimate of drug-likeness (QED) is 0.600. The highest BCUT2D eigenvalue weighted by molar-refractivity contribution is 4.55. The third-order valence-corrected chi connectivity index (χ3v) is 1.12. The minimum absolute atomic E-state index is 0.341. The van der Waals surface area contributed by atoms with Crippen LogP contribution in [-0.2, 0) is 0 Å². The molecule has 1 unspecified atom stereocenters. The number of hydrogen-bond donors (Lipinski definition) is 1. The molecule has 1 nitrogen and oxygen atoms in total. The summed E-state index contributed by atoms with van der Waals surface area (Å²) in [5.74, 6) is -0.824. The smallest absolute Gasteiger partial charge is 0.243 e. The maximum atomic E-state index is 11.5. The van der Waals surface area contributed by atoms with Gasteiger partial charge in [0, 0.05) is 5.92 Å². The molecular weight excluding hydrogens is 114 g/mol. The molecule has 0 bridgehead atoms. The summed E-state index contributed by atoms with van der Waals surface area (Å²) in [7, 11) is 0. The second-order valence-corrected chi connectivity index (χ2v) is 1.69. The van der Waals surface area contributed by atoms with Gasteiger partial charge >= 0.3 is 0 Å². The number of alkyl halides is 2. The van der Waals surface area contributed by atoms with Crippen LogP contribution in [0.2, 0.25) is 0 Å². The number of hydrogen-bond acceptors (Lipinski definition) is 1. The van der Waals surface area contributed by atoms with Crippen molar-refractivity contribution in [3.05, 3.63) is 0 Å². The van der Waals surface area contributed by atoms with Gasteiger partial charge in [-0.05, 0) is 6.42 Å². The van der Waals surface area contributed by atoms with Gasteiger partial charge in [0.15, 0.2) is 0 Å². The summed E-state index contributed by atoms with van der Waals surface area (Å²) in [5, 5.41) is 8.22. The number of aliphatic hydroxyl groups excluding tert-OH is 1. The first-order chi connectivity index (χ1) is 3.72. The maximum Gasteiger partial charge on any atom is 0.243 e. The monoisotopic (exact) mass is 124 g/mol. The van der Waals surface area contributed by atoms with Crippen molar-refractivity contribution in [1.29, 1.82) is 0 Å². The van der Waals surface area contributed by atoms with Crippen molar-refractivity contribution in [2.24, 2.45) is 5.92 Å². The van der Waals surface area contributed by atoms with E-state index < -0.39 is 19.0 Å². The van der Waals surface area contributed by atoms with Crippen LogP contribution in [0.3, 0.4) is 0 Å². The van der Waals surface area contributed by atoms with Crippen molar-refractivity contribution >= 4 is 0 Å². The highest BCUT2D eigenvalue weighted by atomic mass is 19.3. The molecule has 0 amide bonds. The summed E-state index contributed by atoms with van der Waals surface area (Å²) in [4.78, 5) is 0. The Morgan fingerprint density at radius 1 is 1.50 bits per heavy atom. The van der Waals surface area contributed by atoms with E-state index in [1.54, 1.807) is 6.92 Å². The Labute approximate surface area is 47.3 Å². The molecule has 0 spiro atoms. The molecule has 0 rings (SSSR count). The molecule has 3 heteroatoms. The Hall–Kier alpha value is -0.180. The minimum Gasteiger partial charge on any atom is -0.396 e. The highest BCUT2D eigenvalue weighted by Gasteiger charge is 2.15. The third kappa shape index (κ3) is 2.21. The van der Waals surface area contributed by atoms with Crippen LogP contribution in [-0.4, -0.2) is 18.1 Å². The average molecular weight is 124 g/mol. The molecule has 0 aromatic heterocycles. The molecule has 0 aromatic carbocycles. The Balaban J connectivity index is 3.35. The lowest BCUT2D eigenvalue weighted by molar-refractivity contribution is 0.0397. The van der Waals surface area contributed by atoms with E-state index in [0.717, 1.165) is 0 Å². The Morgan fingerprint density at radius 2 is 2.00 bits per heavy atom. The van der Waals surface area contributed by atoms with E-state index in [2.05, 4.69) is 0 Å². The Morgan fingerprint density at radius 3 is 2.00 bits per heavy atom. The van der Waals surface area contributed by atoms with E-state index in [1.807, 2.05) is 0 Å². The van der Waals surface area contributed by atoms with Crippen molar-refractivity contribution in [1.82, 2.24) is 0 Å². The first kappa shape index (κ1) is 7.82. The zero-order valence-corrected chi connectivity index (χ0v) is 4.77. The largest absolute Gasteiger partial charge is 0.396 e. The molecule has 0 aliphatic heterocycles. The van der Waals surface area contributed by atoms with E-state index in [-0.39, 0.29) is 0 Å². The van der Waals surface area contributed by atoms with Gasteiger partial charge in [-0.3, -0.25) is 0 Å². The minimum atomic E-state index is -2.37. The van der Waals surface area contributed by atoms with Gasteiger partial charge in [-0.25, -0.2) is 8.78 Å².